The Hall–Kier alpha value is -2.10. The number of benzene rings is 1. The Labute approximate surface area is 132 Å². The van der Waals surface area contributed by atoms with Crippen LogP contribution in [0.1, 0.15) is 42.3 Å². The molecule has 0 aliphatic heterocycles. The number of aryl methyl sites for hydroxylation is 3. The van der Waals surface area contributed by atoms with E-state index in [1.807, 2.05) is 32.0 Å². The van der Waals surface area contributed by atoms with E-state index in [-0.39, 0.29) is 11.9 Å². The summed E-state index contributed by atoms with van der Waals surface area (Å²) >= 11 is 0. The molecule has 4 nitrogen and oxygen atoms in total. The van der Waals surface area contributed by atoms with Crippen LogP contribution in [0.2, 0.25) is 0 Å². The van der Waals surface area contributed by atoms with Gasteiger partial charge in [0.05, 0.1) is 5.69 Å². The minimum absolute atomic E-state index is 0.112. The van der Waals surface area contributed by atoms with Crippen LogP contribution in [0.15, 0.2) is 30.3 Å². The van der Waals surface area contributed by atoms with Crippen molar-refractivity contribution in [1.29, 1.82) is 0 Å². The van der Waals surface area contributed by atoms with Gasteiger partial charge in [-0.3, -0.25) is 9.89 Å². The molecular formula is C18H25N3O. The number of carbonyl (C=O) groups excluding carboxylic acids is 1. The molecule has 118 valence electrons. The Morgan fingerprint density at radius 3 is 2.59 bits per heavy atom. The number of aromatic amines is 1. The first kappa shape index (κ1) is 16.3. The third-order valence-electron chi connectivity index (χ3n) is 4.00. The first-order chi connectivity index (χ1) is 10.6. The van der Waals surface area contributed by atoms with E-state index < -0.39 is 0 Å². The van der Waals surface area contributed by atoms with Crippen LogP contribution in [0.25, 0.3) is 0 Å². The number of carbonyl (C=O) groups is 1. The Morgan fingerprint density at radius 1 is 1.23 bits per heavy atom. The second-order valence-corrected chi connectivity index (χ2v) is 5.91. The topological polar surface area (TPSA) is 57.8 Å². The average molecular weight is 299 g/mol. The normalized spacial score (nSPS) is 12.1. The molecule has 0 unspecified atom stereocenters. The third kappa shape index (κ3) is 4.72. The van der Waals surface area contributed by atoms with Crippen molar-refractivity contribution in [2.24, 2.45) is 0 Å². The Balaban J connectivity index is 1.72. The SMILES string of the molecule is Cc1n[nH]c(C)c1CCC(=O)N[C@H](C)CCc1ccccc1. The molecule has 0 bridgehead atoms. The molecule has 1 amide bonds. The molecule has 0 radical (unpaired) electrons. The number of amides is 1. The predicted molar refractivity (Wildman–Crippen MR) is 88.8 cm³/mol. The van der Waals surface area contributed by atoms with Gasteiger partial charge < -0.3 is 5.32 Å². The van der Waals surface area contributed by atoms with Gasteiger partial charge in [0.15, 0.2) is 0 Å². The van der Waals surface area contributed by atoms with Crippen molar-refractivity contribution >= 4 is 5.91 Å². The zero-order valence-corrected chi connectivity index (χ0v) is 13.6. The quantitative estimate of drug-likeness (QED) is 0.825. The zero-order valence-electron chi connectivity index (χ0n) is 13.6. The van der Waals surface area contributed by atoms with Gasteiger partial charge in [-0.2, -0.15) is 5.10 Å². The summed E-state index contributed by atoms with van der Waals surface area (Å²) in [5.74, 6) is 0.112. The predicted octanol–water partition coefficient (Wildman–Crippen LogP) is 3.10. The second kappa shape index (κ2) is 7.78. The number of aromatic nitrogens is 2. The monoisotopic (exact) mass is 299 g/mol. The lowest BCUT2D eigenvalue weighted by Gasteiger charge is -2.14. The highest BCUT2D eigenvalue weighted by Gasteiger charge is 2.11. The van der Waals surface area contributed by atoms with Gasteiger partial charge in [-0.25, -0.2) is 0 Å². The molecule has 22 heavy (non-hydrogen) atoms. The number of nitrogens with one attached hydrogen (secondary N) is 2. The van der Waals surface area contributed by atoms with E-state index in [2.05, 4.69) is 34.6 Å². The maximum Gasteiger partial charge on any atom is 0.220 e. The molecule has 1 heterocycles. The number of H-pyrrole nitrogens is 1. The van der Waals surface area contributed by atoms with E-state index in [0.717, 1.165) is 36.2 Å². The standard InChI is InChI=1S/C18H25N3O/c1-13(9-10-16-7-5-4-6-8-16)19-18(22)12-11-17-14(2)20-21-15(17)3/h4-8,13H,9-12H2,1-3H3,(H,19,22)(H,20,21)/t13-/m1/s1. The fourth-order valence-corrected chi connectivity index (χ4v) is 2.63. The largest absolute Gasteiger partial charge is 0.354 e. The lowest BCUT2D eigenvalue weighted by molar-refractivity contribution is -0.121. The minimum atomic E-state index is 0.112. The van der Waals surface area contributed by atoms with Gasteiger partial charge in [0, 0.05) is 18.2 Å². The molecule has 1 aromatic carbocycles. The molecule has 2 rings (SSSR count). The van der Waals surface area contributed by atoms with Gasteiger partial charge in [-0.05, 0) is 51.2 Å². The zero-order chi connectivity index (χ0) is 15.9. The molecule has 0 aliphatic rings. The Morgan fingerprint density at radius 2 is 1.95 bits per heavy atom. The van der Waals surface area contributed by atoms with Crippen molar-refractivity contribution in [2.45, 2.75) is 52.5 Å². The van der Waals surface area contributed by atoms with Crippen LogP contribution < -0.4 is 5.32 Å². The fourth-order valence-electron chi connectivity index (χ4n) is 2.63. The summed E-state index contributed by atoms with van der Waals surface area (Å²) < 4.78 is 0. The molecule has 2 N–H and O–H groups in total. The van der Waals surface area contributed by atoms with Crippen LogP contribution >= 0.6 is 0 Å². The lowest BCUT2D eigenvalue weighted by atomic mass is 10.1. The van der Waals surface area contributed by atoms with Crippen molar-refractivity contribution in [3.63, 3.8) is 0 Å². The van der Waals surface area contributed by atoms with E-state index in [4.69, 9.17) is 0 Å². The highest BCUT2D eigenvalue weighted by atomic mass is 16.1. The molecule has 0 aliphatic carbocycles. The van der Waals surface area contributed by atoms with E-state index in [0.29, 0.717) is 6.42 Å². The Kier molecular flexibility index (Phi) is 5.75. The maximum absolute atomic E-state index is 12.0. The van der Waals surface area contributed by atoms with Gasteiger partial charge in [0.25, 0.3) is 0 Å². The van der Waals surface area contributed by atoms with E-state index in [1.54, 1.807) is 0 Å². The fraction of sp³-hybridized carbons (Fsp3) is 0.444. The summed E-state index contributed by atoms with van der Waals surface area (Å²) in [5, 5.41) is 10.2. The molecule has 0 saturated carbocycles. The summed E-state index contributed by atoms with van der Waals surface area (Å²) in [7, 11) is 0. The molecule has 0 spiro atoms. The molecular weight excluding hydrogens is 274 g/mol. The summed E-state index contributed by atoms with van der Waals surface area (Å²) in [6.45, 7) is 6.03. The first-order valence-corrected chi connectivity index (χ1v) is 7.90. The smallest absolute Gasteiger partial charge is 0.220 e. The highest BCUT2D eigenvalue weighted by molar-refractivity contribution is 5.76. The highest BCUT2D eigenvalue weighted by Crippen LogP contribution is 2.12. The summed E-state index contributed by atoms with van der Waals surface area (Å²) in [6, 6.07) is 10.6. The molecule has 1 atom stereocenters. The van der Waals surface area contributed by atoms with Crippen LogP contribution in [0, 0.1) is 13.8 Å². The van der Waals surface area contributed by atoms with Crippen molar-refractivity contribution in [3.05, 3.63) is 52.8 Å². The van der Waals surface area contributed by atoms with Crippen LogP contribution in [-0.4, -0.2) is 22.1 Å². The van der Waals surface area contributed by atoms with E-state index >= 15 is 0 Å². The Bertz CT molecular complexity index is 585. The summed E-state index contributed by atoms with van der Waals surface area (Å²) in [6.07, 6.45) is 3.20. The molecule has 0 fully saturated rings. The average Bonchev–Trinajstić information content (AvgIpc) is 2.83. The molecule has 2 aromatic rings. The van der Waals surface area contributed by atoms with Crippen molar-refractivity contribution in [3.8, 4) is 0 Å². The van der Waals surface area contributed by atoms with Crippen molar-refractivity contribution < 1.29 is 4.79 Å². The summed E-state index contributed by atoms with van der Waals surface area (Å²) in [4.78, 5) is 12.0. The van der Waals surface area contributed by atoms with Crippen molar-refractivity contribution in [1.82, 2.24) is 15.5 Å². The summed E-state index contributed by atoms with van der Waals surface area (Å²) in [5.41, 5.74) is 4.52. The third-order valence-corrected chi connectivity index (χ3v) is 4.00. The van der Waals surface area contributed by atoms with Crippen LogP contribution in [-0.2, 0) is 17.6 Å². The lowest BCUT2D eigenvalue weighted by Crippen LogP contribution is -2.33. The number of hydrogen-bond acceptors (Lipinski definition) is 2. The van der Waals surface area contributed by atoms with Crippen LogP contribution in [0.5, 0.6) is 0 Å². The van der Waals surface area contributed by atoms with Crippen LogP contribution in [0.3, 0.4) is 0 Å². The second-order valence-electron chi connectivity index (χ2n) is 5.91. The van der Waals surface area contributed by atoms with Gasteiger partial charge >= 0.3 is 0 Å². The van der Waals surface area contributed by atoms with E-state index in [1.165, 1.54) is 5.56 Å². The number of rotatable bonds is 7. The maximum atomic E-state index is 12.0. The molecule has 1 aromatic heterocycles. The van der Waals surface area contributed by atoms with E-state index in [9.17, 15) is 4.79 Å². The number of nitrogens with zero attached hydrogens (tertiary/aromatic N) is 1. The minimum Gasteiger partial charge on any atom is -0.354 e. The van der Waals surface area contributed by atoms with Gasteiger partial charge in [0.1, 0.15) is 0 Å². The van der Waals surface area contributed by atoms with Crippen LogP contribution in [0.4, 0.5) is 0 Å². The van der Waals surface area contributed by atoms with Gasteiger partial charge in [-0.15, -0.1) is 0 Å². The first-order valence-electron chi connectivity index (χ1n) is 7.90. The number of hydrogen-bond donors (Lipinski definition) is 2. The van der Waals surface area contributed by atoms with Crippen molar-refractivity contribution in [2.75, 3.05) is 0 Å². The molecule has 4 heteroatoms. The van der Waals surface area contributed by atoms with Gasteiger partial charge in [0.2, 0.25) is 5.91 Å². The molecule has 0 saturated heterocycles. The van der Waals surface area contributed by atoms with Gasteiger partial charge in [-0.1, -0.05) is 30.3 Å².